The molecule has 2 heteroatoms. The zero-order valence-electron chi connectivity index (χ0n) is 12.6. The minimum absolute atomic E-state index is 0.133. The van der Waals surface area contributed by atoms with Gasteiger partial charge in [-0.1, -0.05) is 45.0 Å². The third-order valence-corrected chi connectivity index (χ3v) is 4.17. The SMILES string of the molecule is CCC(C)(C)c1c([NH2+]CCC=O)ccc2ccccc12. The predicted molar refractivity (Wildman–Crippen MR) is 84.4 cm³/mol. The Kier molecular flexibility index (Phi) is 4.56. The molecule has 106 valence electrons. The Morgan fingerprint density at radius 3 is 2.60 bits per heavy atom. The van der Waals surface area contributed by atoms with Gasteiger partial charge in [0.15, 0.2) is 0 Å². The van der Waals surface area contributed by atoms with Gasteiger partial charge in [-0.3, -0.25) is 0 Å². The van der Waals surface area contributed by atoms with Crippen LogP contribution in [0.15, 0.2) is 36.4 Å². The highest BCUT2D eigenvalue weighted by Gasteiger charge is 2.26. The second-order valence-electron chi connectivity index (χ2n) is 5.94. The first-order chi connectivity index (χ1) is 9.60. The highest BCUT2D eigenvalue weighted by atomic mass is 16.1. The molecule has 20 heavy (non-hydrogen) atoms. The summed E-state index contributed by atoms with van der Waals surface area (Å²) in [4.78, 5) is 10.5. The molecule has 0 radical (unpaired) electrons. The van der Waals surface area contributed by atoms with E-state index in [4.69, 9.17) is 0 Å². The van der Waals surface area contributed by atoms with E-state index in [1.165, 1.54) is 22.0 Å². The Bertz CT molecular complexity index is 601. The molecule has 0 heterocycles. The molecule has 2 nitrogen and oxygen atoms in total. The van der Waals surface area contributed by atoms with Gasteiger partial charge in [-0.25, -0.2) is 0 Å². The molecule has 2 aromatic rings. The Morgan fingerprint density at radius 2 is 1.90 bits per heavy atom. The molecule has 0 bridgehead atoms. The van der Waals surface area contributed by atoms with E-state index in [0.717, 1.165) is 19.3 Å². The van der Waals surface area contributed by atoms with Crippen molar-refractivity contribution in [3.8, 4) is 0 Å². The lowest BCUT2D eigenvalue weighted by molar-refractivity contribution is -0.570. The summed E-state index contributed by atoms with van der Waals surface area (Å²) in [6.45, 7) is 7.64. The average Bonchev–Trinajstić information content (AvgIpc) is 2.47. The molecule has 0 fully saturated rings. The lowest BCUT2D eigenvalue weighted by atomic mass is 9.78. The molecular weight excluding hydrogens is 246 g/mol. The molecular formula is C18H24NO+. The maximum Gasteiger partial charge on any atom is 0.133 e. The van der Waals surface area contributed by atoms with Crippen LogP contribution < -0.4 is 5.32 Å². The van der Waals surface area contributed by atoms with E-state index in [-0.39, 0.29) is 5.41 Å². The van der Waals surface area contributed by atoms with Crippen molar-refractivity contribution in [2.45, 2.75) is 39.0 Å². The third kappa shape index (κ3) is 2.91. The summed E-state index contributed by atoms with van der Waals surface area (Å²) in [6.07, 6.45) is 2.68. The van der Waals surface area contributed by atoms with Crippen LogP contribution in [0.1, 0.15) is 39.2 Å². The molecule has 0 aromatic heterocycles. The van der Waals surface area contributed by atoms with Gasteiger partial charge in [-0.05, 0) is 34.7 Å². The Morgan fingerprint density at radius 1 is 1.15 bits per heavy atom. The largest absolute Gasteiger partial charge is 0.313 e. The Labute approximate surface area is 121 Å². The first-order valence-electron chi connectivity index (χ1n) is 7.39. The van der Waals surface area contributed by atoms with E-state index in [0.29, 0.717) is 6.42 Å². The fraction of sp³-hybridized carbons (Fsp3) is 0.389. The second-order valence-corrected chi connectivity index (χ2v) is 5.94. The van der Waals surface area contributed by atoms with Crippen LogP contribution in [0.5, 0.6) is 0 Å². The van der Waals surface area contributed by atoms with Crippen LogP contribution in [0.25, 0.3) is 10.8 Å². The van der Waals surface area contributed by atoms with Crippen molar-refractivity contribution in [3.05, 3.63) is 42.0 Å². The summed E-state index contributed by atoms with van der Waals surface area (Å²) in [5.41, 5.74) is 2.81. The standard InChI is InChI=1S/C18H23NO/c1-4-18(2,3)17-15-9-6-5-8-14(15)10-11-16(17)19-12-7-13-20/h5-6,8-11,13,19H,4,7,12H2,1-3H3/p+1. The fourth-order valence-corrected chi connectivity index (χ4v) is 2.70. The van der Waals surface area contributed by atoms with Crippen molar-refractivity contribution in [1.82, 2.24) is 0 Å². The van der Waals surface area contributed by atoms with Crippen LogP contribution in [0.4, 0.5) is 5.69 Å². The number of aldehydes is 1. The molecule has 0 saturated carbocycles. The van der Waals surface area contributed by atoms with Crippen molar-refractivity contribution in [3.63, 3.8) is 0 Å². The summed E-state index contributed by atoms with van der Waals surface area (Å²) in [7, 11) is 0. The van der Waals surface area contributed by atoms with Gasteiger partial charge in [0.1, 0.15) is 12.0 Å². The molecule has 0 spiro atoms. The topological polar surface area (TPSA) is 33.7 Å². The van der Waals surface area contributed by atoms with E-state index >= 15 is 0 Å². The molecule has 2 N–H and O–H groups in total. The molecule has 0 aliphatic heterocycles. The highest BCUT2D eigenvalue weighted by Crippen LogP contribution is 2.36. The molecule has 0 atom stereocenters. The van der Waals surface area contributed by atoms with Crippen LogP contribution in [0, 0.1) is 0 Å². The maximum absolute atomic E-state index is 10.5. The number of quaternary nitrogens is 1. The van der Waals surface area contributed by atoms with Gasteiger partial charge in [-0.2, -0.15) is 0 Å². The van der Waals surface area contributed by atoms with Gasteiger partial charge < -0.3 is 10.1 Å². The van der Waals surface area contributed by atoms with Crippen molar-refractivity contribution in [2.24, 2.45) is 0 Å². The minimum atomic E-state index is 0.133. The monoisotopic (exact) mass is 270 g/mol. The number of carbonyl (C=O) groups excluding carboxylic acids is 1. The smallest absolute Gasteiger partial charge is 0.133 e. The van der Waals surface area contributed by atoms with Crippen molar-refractivity contribution < 1.29 is 10.1 Å². The number of hydrogen-bond donors (Lipinski definition) is 1. The number of fused-ring (bicyclic) bond motifs is 1. The van der Waals surface area contributed by atoms with Crippen molar-refractivity contribution in [2.75, 3.05) is 6.54 Å². The van der Waals surface area contributed by atoms with Gasteiger partial charge in [-0.15, -0.1) is 0 Å². The minimum Gasteiger partial charge on any atom is -0.313 e. The second kappa shape index (κ2) is 6.19. The van der Waals surface area contributed by atoms with Gasteiger partial charge in [0.2, 0.25) is 0 Å². The van der Waals surface area contributed by atoms with Crippen LogP contribution in [0.2, 0.25) is 0 Å². The molecule has 2 aromatic carbocycles. The molecule has 0 amide bonds. The van der Waals surface area contributed by atoms with Gasteiger partial charge >= 0.3 is 0 Å². The van der Waals surface area contributed by atoms with E-state index in [1.54, 1.807) is 0 Å². The predicted octanol–water partition coefficient (Wildman–Crippen LogP) is 3.31. The van der Waals surface area contributed by atoms with E-state index < -0.39 is 0 Å². The van der Waals surface area contributed by atoms with Gasteiger partial charge in [0.25, 0.3) is 0 Å². The van der Waals surface area contributed by atoms with E-state index in [9.17, 15) is 4.79 Å². The summed E-state index contributed by atoms with van der Waals surface area (Å²) in [6, 6.07) is 12.9. The summed E-state index contributed by atoms with van der Waals surface area (Å²) < 4.78 is 0. The molecule has 0 saturated heterocycles. The zero-order valence-corrected chi connectivity index (χ0v) is 12.6. The Balaban J connectivity index is 2.56. The number of rotatable bonds is 6. The van der Waals surface area contributed by atoms with Crippen molar-refractivity contribution in [1.29, 1.82) is 0 Å². The molecule has 2 rings (SSSR count). The number of carbonyl (C=O) groups is 1. The fourth-order valence-electron chi connectivity index (χ4n) is 2.70. The van der Waals surface area contributed by atoms with Crippen LogP contribution in [-0.4, -0.2) is 12.8 Å². The summed E-state index contributed by atoms with van der Waals surface area (Å²) in [5, 5.41) is 4.82. The number of benzene rings is 2. The lowest BCUT2D eigenvalue weighted by Crippen LogP contribution is -2.78. The van der Waals surface area contributed by atoms with E-state index in [1.807, 2.05) is 0 Å². The number of hydrogen-bond acceptors (Lipinski definition) is 1. The van der Waals surface area contributed by atoms with Crippen molar-refractivity contribution >= 4 is 22.7 Å². The molecule has 0 aliphatic carbocycles. The third-order valence-electron chi connectivity index (χ3n) is 4.17. The number of nitrogens with two attached hydrogens (primary N) is 1. The average molecular weight is 270 g/mol. The first kappa shape index (κ1) is 14.7. The van der Waals surface area contributed by atoms with Crippen LogP contribution in [-0.2, 0) is 10.2 Å². The van der Waals surface area contributed by atoms with Gasteiger partial charge in [0.05, 0.1) is 13.0 Å². The van der Waals surface area contributed by atoms with Crippen LogP contribution >= 0.6 is 0 Å². The van der Waals surface area contributed by atoms with Gasteiger partial charge in [0, 0.05) is 5.56 Å². The highest BCUT2D eigenvalue weighted by molar-refractivity contribution is 5.89. The quantitative estimate of drug-likeness (QED) is 0.487. The maximum atomic E-state index is 10.5. The van der Waals surface area contributed by atoms with Crippen LogP contribution in [0.3, 0.4) is 0 Å². The van der Waals surface area contributed by atoms with E-state index in [2.05, 4.69) is 62.5 Å². The first-order valence-corrected chi connectivity index (χ1v) is 7.39. The lowest BCUT2D eigenvalue weighted by Gasteiger charge is -2.26. The summed E-state index contributed by atoms with van der Waals surface area (Å²) >= 11 is 0. The summed E-state index contributed by atoms with van der Waals surface area (Å²) in [5.74, 6) is 0. The molecule has 0 aliphatic rings. The zero-order chi connectivity index (χ0) is 14.6. The molecule has 0 unspecified atom stereocenters. The Hall–Kier alpha value is -1.67. The normalized spacial score (nSPS) is 11.8.